The molecule has 0 bridgehead atoms. The Morgan fingerprint density at radius 1 is 1.04 bits per heavy atom. The summed E-state index contributed by atoms with van der Waals surface area (Å²) < 4.78 is 8.76. The van der Waals surface area contributed by atoms with Gasteiger partial charge in [0.1, 0.15) is 11.3 Å². The minimum atomic E-state index is -1.11. The van der Waals surface area contributed by atoms with Crippen molar-refractivity contribution in [1.82, 2.24) is 34.3 Å². The van der Waals surface area contributed by atoms with Crippen molar-refractivity contribution in [2.24, 2.45) is 13.0 Å². The molecule has 5 heterocycles. The van der Waals surface area contributed by atoms with Crippen LogP contribution in [-0.4, -0.2) is 89.6 Å². The molecule has 2 fully saturated rings. The Bertz CT molecular complexity index is 2330. The van der Waals surface area contributed by atoms with E-state index in [1.54, 1.807) is 40.5 Å². The normalized spacial score (nSPS) is 16.4. The molecule has 0 spiro atoms. The number of aromatic nitrogens is 4. The summed E-state index contributed by atoms with van der Waals surface area (Å²) in [6, 6.07) is 16.3. The highest BCUT2D eigenvalue weighted by atomic mass is 35.5. The number of halogens is 2. The second kappa shape index (κ2) is 14.7. The summed E-state index contributed by atoms with van der Waals surface area (Å²) in [5.74, 6) is 0.950. The summed E-state index contributed by atoms with van der Waals surface area (Å²) in [6.45, 7) is 5.74. The van der Waals surface area contributed by atoms with Crippen molar-refractivity contribution in [2.75, 3.05) is 26.7 Å². The molecule has 2 aliphatic rings. The largest absolute Gasteiger partial charge is 0.481 e. The minimum absolute atomic E-state index is 0.0221. The van der Waals surface area contributed by atoms with E-state index in [9.17, 15) is 24.6 Å². The molecule has 54 heavy (non-hydrogen) atoms. The summed E-state index contributed by atoms with van der Waals surface area (Å²) in [5, 5.41) is 28.6. The van der Waals surface area contributed by atoms with Gasteiger partial charge in [0.05, 0.1) is 41.5 Å². The SMILES string of the molecule is COc1nc(-c2cccc(-c3cccc(-c4cc5c(=O)n(C)c(CN6CC(C(C)(C)O)C6)nn5c4)c3Cl)c2Cl)ccc1CN(C[C@@H]1CCC(=O)N1)C(=O)O. The molecule has 2 saturated heterocycles. The Balaban J connectivity index is 1.16. The Kier molecular flexibility index (Phi) is 10.2. The predicted molar refractivity (Wildman–Crippen MR) is 206 cm³/mol. The average molecular weight is 775 g/mol. The first-order chi connectivity index (χ1) is 25.7. The number of nitrogens with zero attached hydrogens (tertiary/aromatic N) is 6. The number of pyridine rings is 1. The number of fused-ring (bicyclic) bond motifs is 1. The van der Waals surface area contributed by atoms with Gasteiger partial charge in [-0.3, -0.25) is 19.1 Å². The molecule has 3 aromatic heterocycles. The Hall–Kier alpha value is -4.95. The zero-order chi connectivity index (χ0) is 38.5. The topological polar surface area (TPSA) is 155 Å². The standard InChI is InChI=1S/C39H41Cl2N7O6/c1-39(2,53)24-18-46(19-24)21-32-44-48-17-23(15-31(48)37(50)45(32)3)26-7-5-8-27(34(26)40)28-9-6-10-29(35(28)41)30-13-11-22(36(43-30)54-4)16-47(38(51)52)20-25-12-14-33(49)42-25/h5-11,13,15,17,24-25,53H,12,14,16,18-21H2,1-4H3,(H,42,49)(H,51,52)/t25-/m0/s1. The number of likely N-dealkylation sites (tertiary alicyclic amines) is 1. The van der Waals surface area contributed by atoms with Crippen LogP contribution in [0.5, 0.6) is 5.88 Å². The van der Waals surface area contributed by atoms with Crippen LogP contribution in [0.15, 0.2) is 65.6 Å². The lowest BCUT2D eigenvalue weighted by molar-refractivity contribution is -0.119. The van der Waals surface area contributed by atoms with Crippen LogP contribution in [0.25, 0.3) is 39.0 Å². The zero-order valence-electron chi connectivity index (χ0n) is 30.3. The fourth-order valence-corrected chi connectivity index (χ4v) is 7.78. The van der Waals surface area contributed by atoms with E-state index < -0.39 is 11.7 Å². The van der Waals surface area contributed by atoms with Gasteiger partial charge >= 0.3 is 6.09 Å². The first kappa shape index (κ1) is 37.4. The second-order valence-corrected chi connectivity index (χ2v) is 15.3. The van der Waals surface area contributed by atoms with Crippen molar-refractivity contribution in [3.8, 4) is 39.4 Å². The van der Waals surface area contributed by atoms with Gasteiger partial charge in [0.2, 0.25) is 11.8 Å². The summed E-state index contributed by atoms with van der Waals surface area (Å²) in [4.78, 5) is 45.3. The van der Waals surface area contributed by atoms with Gasteiger partial charge in [0.15, 0.2) is 0 Å². The van der Waals surface area contributed by atoms with Gasteiger partial charge < -0.3 is 25.2 Å². The van der Waals surface area contributed by atoms with Gasteiger partial charge in [0, 0.05) is 84.6 Å². The first-order valence-corrected chi connectivity index (χ1v) is 18.4. The van der Waals surface area contributed by atoms with E-state index in [1.807, 2.05) is 50.2 Å². The van der Waals surface area contributed by atoms with Gasteiger partial charge in [-0.25, -0.2) is 14.3 Å². The maximum atomic E-state index is 13.5. The van der Waals surface area contributed by atoms with Crippen LogP contribution in [0, 0.1) is 5.92 Å². The number of ether oxygens (including phenoxy) is 1. The maximum Gasteiger partial charge on any atom is 0.407 e. The fourth-order valence-electron chi connectivity index (χ4n) is 7.12. The van der Waals surface area contributed by atoms with Crippen molar-refractivity contribution in [2.45, 2.75) is 51.4 Å². The van der Waals surface area contributed by atoms with Gasteiger partial charge in [0.25, 0.3) is 5.56 Å². The lowest BCUT2D eigenvalue weighted by Crippen LogP contribution is -2.55. The molecule has 2 aromatic carbocycles. The number of nitrogens with one attached hydrogen (secondary N) is 1. The Labute approximate surface area is 321 Å². The number of benzene rings is 2. The third-order valence-electron chi connectivity index (χ3n) is 10.4. The molecule has 0 radical (unpaired) electrons. The summed E-state index contributed by atoms with van der Waals surface area (Å²) in [7, 11) is 3.19. The van der Waals surface area contributed by atoms with E-state index in [0.717, 1.165) is 18.7 Å². The van der Waals surface area contributed by atoms with E-state index in [1.165, 1.54) is 12.0 Å². The molecular weight excluding hydrogens is 733 g/mol. The molecule has 2 aliphatic heterocycles. The van der Waals surface area contributed by atoms with Crippen molar-refractivity contribution >= 4 is 40.7 Å². The lowest BCUT2D eigenvalue weighted by atomic mass is 9.84. The molecule has 0 unspecified atom stereocenters. The Morgan fingerprint density at radius 2 is 1.70 bits per heavy atom. The van der Waals surface area contributed by atoms with Crippen LogP contribution in [-0.2, 0) is 24.9 Å². The molecule has 5 aromatic rings. The monoisotopic (exact) mass is 773 g/mol. The van der Waals surface area contributed by atoms with E-state index >= 15 is 0 Å². The molecule has 0 saturated carbocycles. The van der Waals surface area contributed by atoms with Crippen molar-refractivity contribution in [1.29, 1.82) is 0 Å². The van der Waals surface area contributed by atoms with Crippen LogP contribution < -0.4 is 15.6 Å². The number of hydrogen-bond donors (Lipinski definition) is 3. The van der Waals surface area contributed by atoms with Crippen LogP contribution >= 0.6 is 23.2 Å². The number of aliphatic hydroxyl groups is 1. The smallest absolute Gasteiger partial charge is 0.407 e. The van der Waals surface area contributed by atoms with Gasteiger partial charge in [-0.2, -0.15) is 5.10 Å². The number of carbonyl (C=O) groups excluding carboxylic acids is 1. The number of amides is 2. The first-order valence-electron chi connectivity index (χ1n) is 17.6. The van der Waals surface area contributed by atoms with Crippen molar-refractivity contribution < 1.29 is 24.5 Å². The number of rotatable bonds is 11. The third-order valence-corrected chi connectivity index (χ3v) is 11.2. The number of hydrogen-bond acceptors (Lipinski definition) is 8. The quantitative estimate of drug-likeness (QED) is 0.153. The molecule has 2 amide bonds. The maximum absolute atomic E-state index is 13.5. The summed E-state index contributed by atoms with van der Waals surface area (Å²) >= 11 is 14.2. The van der Waals surface area contributed by atoms with E-state index in [4.69, 9.17) is 38.0 Å². The molecule has 3 N–H and O–H groups in total. The molecule has 0 aliphatic carbocycles. The van der Waals surface area contributed by atoms with Crippen molar-refractivity contribution in [3.05, 3.63) is 92.6 Å². The highest BCUT2D eigenvalue weighted by Gasteiger charge is 2.37. The lowest BCUT2D eigenvalue weighted by Gasteiger charge is -2.45. The number of methoxy groups -OCH3 is 1. The van der Waals surface area contributed by atoms with E-state index in [0.29, 0.717) is 74.3 Å². The molecule has 15 heteroatoms. The van der Waals surface area contributed by atoms with Gasteiger partial charge in [-0.15, -0.1) is 0 Å². The highest BCUT2D eigenvalue weighted by Crippen LogP contribution is 2.42. The Morgan fingerprint density at radius 3 is 2.33 bits per heavy atom. The van der Waals surface area contributed by atoms with Crippen LogP contribution in [0.2, 0.25) is 10.0 Å². The number of carbonyl (C=O) groups is 2. The van der Waals surface area contributed by atoms with E-state index in [-0.39, 0.29) is 42.4 Å². The molecular formula is C39H41Cl2N7O6. The predicted octanol–water partition coefficient (Wildman–Crippen LogP) is 5.71. The fraction of sp³-hybridized carbons (Fsp3) is 0.359. The number of carboxylic acid groups (broad SMARTS) is 1. The molecule has 1 atom stereocenters. The van der Waals surface area contributed by atoms with Gasteiger partial charge in [-0.1, -0.05) is 59.6 Å². The average Bonchev–Trinajstić information content (AvgIpc) is 3.73. The second-order valence-electron chi connectivity index (χ2n) is 14.5. The summed E-state index contributed by atoms with van der Waals surface area (Å²) in [5.41, 5.74) is 3.94. The van der Waals surface area contributed by atoms with Gasteiger partial charge in [-0.05, 0) is 38.5 Å². The van der Waals surface area contributed by atoms with Crippen molar-refractivity contribution in [3.63, 3.8) is 0 Å². The third kappa shape index (κ3) is 7.28. The zero-order valence-corrected chi connectivity index (χ0v) is 31.9. The van der Waals surface area contributed by atoms with Crippen LogP contribution in [0.4, 0.5) is 4.79 Å². The van der Waals surface area contributed by atoms with E-state index in [2.05, 4.69) is 10.2 Å². The minimum Gasteiger partial charge on any atom is -0.481 e. The van der Waals surface area contributed by atoms with Crippen LogP contribution in [0.1, 0.15) is 38.1 Å². The molecule has 282 valence electrons. The highest BCUT2D eigenvalue weighted by molar-refractivity contribution is 6.39. The van der Waals surface area contributed by atoms with Crippen LogP contribution in [0.3, 0.4) is 0 Å². The molecule has 13 nitrogen and oxygen atoms in total. The molecule has 7 rings (SSSR count). The summed E-state index contributed by atoms with van der Waals surface area (Å²) in [6.07, 6.45) is 1.64.